The summed E-state index contributed by atoms with van der Waals surface area (Å²) in [6.45, 7) is 7.73. The minimum Gasteiger partial charge on any atom is -0.490 e. The van der Waals surface area contributed by atoms with Crippen LogP contribution in [0.1, 0.15) is 61.5 Å². The van der Waals surface area contributed by atoms with Crippen LogP contribution >= 0.6 is 11.3 Å². The van der Waals surface area contributed by atoms with Gasteiger partial charge in [-0.25, -0.2) is 0 Å². The van der Waals surface area contributed by atoms with Gasteiger partial charge < -0.3 is 14.8 Å². The van der Waals surface area contributed by atoms with E-state index >= 15 is 0 Å². The Bertz CT molecular complexity index is 755. The Kier molecular flexibility index (Phi) is 8.38. The molecule has 1 aromatic carbocycles. The van der Waals surface area contributed by atoms with Crippen LogP contribution in [0.25, 0.3) is 0 Å². The van der Waals surface area contributed by atoms with E-state index in [0.29, 0.717) is 36.8 Å². The molecule has 29 heavy (non-hydrogen) atoms. The SMILES string of the molecule is CCOc1ccc(C(=O)NCC(c2ccsc2)N2CCCCCC2)cc1OCC. The molecule has 1 atom stereocenters. The average molecular weight is 417 g/mol. The van der Waals surface area contributed by atoms with Gasteiger partial charge in [0.2, 0.25) is 0 Å². The van der Waals surface area contributed by atoms with Crippen molar-refractivity contribution in [3.8, 4) is 11.5 Å². The summed E-state index contributed by atoms with van der Waals surface area (Å²) in [5.74, 6) is 1.21. The van der Waals surface area contributed by atoms with Gasteiger partial charge in [0.25, 0.3) is 5.91 Å². The quantitative estimate of drug-likeness (QED) is 0.632. The van der Waals surface area contributed by atoms with Crippen LogP contribution in [-0.2, 0) is 0 Å². The topological polar surface area (TPSA) is 50.8 Å². The number of ether oxygens (including phenoxy) is 2. The van der Waals surface area contributed by atoms with Crippen molar-refractivity contribution in [2.24, 2.45) is 0 Å². The number of thiophene rings is 1. The first-order chi connectivity index (χ1) is 14.2. The molecule has 3 rings (SSSR count). The first-order valence-corrected chi connectivity index (χ1v) is 11.6. The number of likely N-dealkylation sites (tertiary alicyclic amines) is 1. The van der Waals surface area contributed by atoms with E-state index in [-0.39, 0.29) is 11.9 Å². The third-order valence-electron chi connectivity index (χ3n) is 5.27. The Morgan fingerprint density at radius 2 is 1.79 bits per heavy atom. The van der Waals surface area contributed by atoms with Gasteiger partial charge in [0.05, 0.1) is 19.3 Å². The highest BCUT2D eigenvalue weighted by Crippen LogP contribution is 2.29. The second-order valence-corrected chi connectivity index (χ2v) is 8.04. The van der Waals surface area contributed by atoms with Crippen LogP contribution in [0.5, 0.6) is 11.5 Å². The fraction of sp³-hybridized carbons (Fsp3) is 0.522. The van der Waals surface area contributed by atoms with Gasteiger partial charge in [0, 0.05) is 12.1 Å². The molecule has 1 fully saturated rings. The first kappa shape index (κ1) is 21.7. The van der Waals surface area contributed by atoms with E-state index in [2.05, 4.69) is 27.0 Å². The van der Waals surface area contributed by atoms with Gasteiger partial charge in [-0.1, -0.05) is 12.8 Å². The third-order valence-corrected chi connectivity index (χ3v) is 5.97. The normalized spacial score (nSPS) is 16.1. The molecule has 2 heterocycles. The minimum atomic E-state index is -0.0796. The fourth-order valence-corrected chi connectivity index (χ4v) is 4.52. The summed E-state index contributed by atoms with van der Waals surface area (Å²) in [4.78, 5) is 15.4. The van der Waals surface area contributed by atoms with Crippen LogP contribution in [0.3, 0.4) is 0 Å². The molecule has 0 radical (unpaired) electrons. The zero-order chi connectivity index (χ0) is 20.5. The molecule has 5 nitrogen and oxygen atoms in total. The van der Waals surface area contributed by atoms with Crippen LogP contribution < -0.4 is 14.8 Å². The number of benzene rings is 1. The molecule has 1 aromatic heterocycles. The summed E-state index contributed by atoms with van der Waals surface area (Å²) in [7, 11) is 0. The summed E-state index contributed by atoms with van der Waals surface area (Å²) < 4.78 is 11.3. The Morgan fingerprint density at radius 1 is 1.07 bits per heavy atom. The number of carbonyl (C=O) groups is 1. The minimum absolute atomic E-state index is 0.0796. The Morgan fingerprint density at radius 3 is 2.45 bits per heavy atom. The Hall–Kier alpha value is -2.05. The number of amides is 1. The standard InChI is InChI=1S/C23H32N2O3S/c1-3-27-21-10-9-18(15-22(21)28-4-2)23(26)24-16-20(19-11-14-29-17-19)25-12-7-5-6-8-13-25/h9-11,14-15,17,20H,3-8,12-13,16H2,1-2H3,(H,24,26). The number of hydrogen-bond acceptors (Lipinski definition) is 5. The summed E-state index contributed by atoms with van der Waals surface area (Å²) in [5, 5.41) is 7.47. The highest BCUT2D eigenvalue weighted by Gasteiger charge is 2.23. The lowest BCUT2D eigenvalue weighted by Crippen LogP contribution is -2.38. The van der Waals surface area contributed by atoms with Gasteiger partial charge in [0.1, 0.15) is 0 Å². The number of hydrogen-bond donors (Lipinski definition) is 1. The van der Waals surface area contributed by atoms with E-state index in [1.54, 1.807) is 23.5 Å². The van der Waals surface area contributed by atoms with Gasteiger partial charge in [0.15, 0.2) is 11.5 Å². The van der Waals surface area contributed by atoms with Gasteiger partial charge >= 0.3 is 0 Å². The molecule has 0 aliphatic carbocycles. The Labute approximate surface area is 178 Å². The van der Waals surface area contributed by atoms with Crippen molar-refractivity contribution in [3.63, 3.8) is 0 Å². The van der Waals surface area contributed by atoms with Crippen molar-refractivity contribution in [2.45, 2.75) is 45.6 Å². The monoisotopic (exact) mass is 416 g/mol. The largest absolute Gasteiger partial charge is 0.490 e. The molecule has 1 amide bonds. The number of rotatable bonds is 9. The van der Waals surface area contributed by atoms with Gasteiger partial charge in [-0.15, -0.1) is 0 Å². The van der Waals surface area contributed by atoms with Crippen LogP contribution in [0.2, 0.25) is 0 Å². The number of carbonyl (C=O) groups excluding carboxylic acids is 1. The molecule has 1 aliphatic heterocycles. The zero-order valence-electron chi connectivity index (χ0n) is 17.5. The lowest BCUT2D eigenvalue weighted by Gasteiger charge is -2.30. The van der Waals surface area contributed by atoms with E-state index in [1.165, 1.54) is 31.2 Å². The van der Waals surface area contributed by atoms with E-state index in [9.17, 15) is 4.79 Å². The van der Waals surface area contributed by atoms with Crippen molar-refractivity contribution >= 4 is 17.2 Å². The molecule has 0 spiro atoms. The van der Waals surface area contributed by atoms with Crippen molar-refractivity contribution in [1.82, 2.24) is 10.2 Å². The maximum Gasteiger partial charge on any atom is 0.251 e. The molecule has 1 N–H and O–H groups in total. The van der Waals surface area contributed by atoms with E-state index in [0.717, 1.165) is 13.1 Å². The molecular weight excluding hydrogens is 384 g/mol. The smallest absolute Gasteiger partial charge is 0.251 e. The number of nitrogens with zero attached hydrogens (tertiary/aromatic N) is 1. The highest BCUT2D eigenvalue weighted by atomic mass is 32.1. The molecule has 6 heteroatoms. The molecule has 1 aliphatic rings. The van der Waals surface area contributed by atoms with Crippen LogP contribution in [0, 0.1) is 0 Å². The number of nitrogens with one attached hydrogen (secondary N) is 1. The molecular formula is C23H32N2O3S. The fourth-order valence-electron chi connectivity index (χ4n) is 3.81. The van der Waals surface area contributed by atoms with Crippen molar-refractivity contribution < 1.29 is 14.3 Å². The second kappa shape index (κ2) is 11.2. The summed E-state index contributed by atoms with van der Waals surface area (Å²) in [6, 6.07) is 7.78. The van der Waals surface area contributed by atoms with Gasteiger partial charge in [-0.05, 0) is 80.4 Å². The predicted octanol–water partition coefficient (Wildman–Crippen LogP) is 4.89. The maximum absolute atomic E-state index is 12.9. The first-order valence-electron chi connectivity index (χ1n) is 10.7. The average Bonchev–Trinajstić information content (AvgIpc) is 3.12. The second-order valence-electron chi connectivity index (χ2n) is 7.26. The molecule has 1 unspecified atom stereocenters. The molecule has 2 aromatic rings. The molecule has 0 saturated carbocycles. The summed E-state index contributed by atoms with van der Waals surface area (Å²) in [5.41, 5.74) is 1.88. The van der Waals surface area contributed by atoms with E-state index < -0.39 is 0 Å². The molecule has 158 valence electrons. The van der Waals surface area contributed by atoms with Crippen molar-refractivity contribution in [3.05, 3.63) is 46.2 Å². The van der Waals surface area contributed by atoms with Crippen molar-refractivity contribution in [1.29, 1.82) is 0 Å². The molecule has 0 bridgehead atoms. The van der Waals surface area contributed by atoms with E-state index in [1.807, 2.05) is 19.9 Å². The van der Waals surface area contributed by atoms with Crippen LogP contribution in [-0.4, -0.2) is 43.7 Å². The lowest BCUT2D eigenvalue weighted by atomic mass is 10.1. The molecule has 1 saturated heterocycles. The Balaban J connectivity index is 1.70. The zero-order valence-corrected chi connectivity index (χ0v) is 18.3. The third kappa shape index (κ3) is 5.97. The summed E-state index contributed by atoms with van der Waals surface area (Å²) in [6.07, 6.45) is 5.05. The van der Waals surface area contributed by atoms with Crippen LogP contribution in [0.4, 0.5) is 0 Å². The highest BCUT2D eigenvalue weighted by molar-refractivity contribution is 7.07. The maximum atomic E-state index is 12.9. The van der Waals surface area contributed by atoms with Crippen molar-refractivity contribution in [2.75, 3.05) is 32.8 Å². The van der Waals surface area contributed by atoms with Gasteiger partial charge in [-0.2, -0.15) is 11.3 Å². The van der Waals surface area contributed by atoms with Gasteiger partial charge in [-0.3, -0.25) is 9.69 Å². The summed E-state index contributed by atoms with van der Waals surface area (Å²) >= 11 is 1.71. The predicted molar refractivity (Wildman–Crippen MR) is 118 cm³/mol. The van der Waals surface area contributed by atoms with Crippen LogP contribution in [0.15, 0.2) is 35.0 Å². The van der Waals surface area contributed by atoms with E-state index in [4.69, 9.17) is 9.47 Å². The lowest BCUT2D eigenvalue weighted by molar-refractivity contribution is 0.0932.